The van der Waals surface area contributed by atoms with Crippen LogP contribution in [0.4, 0.5) is 4.39 Å². The minimum atomic E-state index is -0.276. The molecule has 0 unspecified atom stereocenters. The third-order valence-electron chi connectivity index (χ3n) is 2.84. The topological polar surface area (TPSA) is 42.4 Å². The van der Waals surface area contributed by atoms with E-state index in [1.807, 2.05) is 12.1 Å². The molecular weight excluding hydrogens is 325 g/mol. The van der Waals surface area contributed by atoms with Gasteiger partial charge in [0.25, 0.3) is 0 Å². The third-order valence-corrected chi connectivity index (χ3v) is 3.28. The predicted molar refractivity (Wildman–Crippen MR) is 78.1 cm³/mol. The largest absolute Gasteiger partial charge is 0.473 e. The molecule has 1 N–H and O–H groups in total. The molecule has 0 saturated carbocycles. The van der Waals surface area contributed by atoms with Gasteiger partial charge in [-0.3, -0.25) is 0 Å². The molecule has 1 aromatic heterocycles. The molecule has 0 aliphatic carbocycles. The van der Waals surface area contributed by atoms with Gasteiger partial charge in [-0.2, -0.15) is 0 Å². The number of hydrogen-bond donors (Lipinski definition) is 1. The van der Waals surface area contributed by atoms with Gasteiger partial charge in [-0.15, -0.1) is 0 Å². The summed E-state index contributed by atoms with van der Waals surface area (Å²) in [5.74, 6) is 0.235. The number of hydrogen-bond acceptors (Lipinski definition) is 3. The number of pyridine rings is 1. The highest BCUT2D eigenvalue weighted by Crippen LogP contribution is 2.17. The highest BCUT2D eigenvalue weighted by atomic mass is 79.9. The molecule has 2 rings (SSSR count). The van der Waals surface area contributed by atoms with Crippen LogP contribution in [0.2, 0.25) is 0 Å². The zero-order valence-corrected chi connectivity index (χ0v) is 12.4. The Balaban J connectivity index is 2.08. The van der Waals surface area contributed by atoms with Crippen molar-refractivity contribution in [1.82, 2.24) is 4.98 Å². The monoisotopic (exact) mass is 339 g/mol. The van der Waals surface area contributed by atoms with E-state index >= 15 is 0 Å². The maximum Gasteiger partial charge on any atom is 0.214 e. The molecule has 20 heavy (non-hydrogen) atoms. The molecule has 0 saturated heterocycles. The van der Waals surface area contributed by atoms with Crippen LogP contribution in [0.3, 0.4) is 0 Å². The molecule has 0 aliphatic rings. The Hall–Kier alpha value is -1.46. The fourth-order valence-corrected chi connectivity index (χ4v) is 2.19. The fraction of sp³-hybridized carbons (Fsp3) is 0.267. The van der Waals surface area contributed by atoms with Crippen LogP contribution in [0.15, 0.2) is 41.0 Å². The number of aryl methyl sites for hydroxylation is 1. The van der Waals surface area contributed by atoms with Crippen LogP contribution in [0, 0.1) is 5.82 Å². The van der Waals surface area contributed by atoms with E-state index < -0.39 is 0 Å². The van der Waals surface area contributed by atoms with Gasteiger partial charge in [0.2, 0.25) is 5.88 Å². The van der Waals surface area contributed by atoms with Gasteiger partial charge in [-0.05, 0) is 58.1 Å². The number of nitrogens with zero attached hydrogens (tertiary/aromatic N) is 1. The number of ether oxygens (including phenoxy) is 1. The first kappa shape index (κ1) is 14.9. The second-order valence-corrected chi connectivity index (χ2v) is 5.14. The van der Waals surface area contributed by atoms with Crippen molar-refractivity contribution in [3.05, 3.63) is 57.9 Å². The first-order chi connectivity index (χ1) is 9.69. The van der Waals surface area contributed by atoms with Gasteiger partial charge in [0.1, 0.15) is 17.0 Å². The number of rotatable bonds is 6. The maximum absolute atomic E-state index is 13.3. The minimum absolute atomic E-state index is 0.0873. The molecule has 0 aliphatic heterocycles. The van der Waals surface area contributed by atoms with E-state index in [0.29, 0.717) is 29.9 Å². The third kappa shape index (κ3) is 4.28. The van der Waals surface area contributed by atoms with E-state index in [9.17, 15) is 4.39 Å². The smallest absolute Gasteiger partial charge is 0.214 e. The van der Waals surface area contributed by atoms with Crippen LogP contribution in [0.25, 0.3) is 0 Å². The molecule has 0 spiro atoms. The summed E-state index contributed by atoms with van der Waals surface area (Å²) in [6.45, 7) is 0.411. The zero-order valence-electron chi connectivity index (χ0n) is 10.9. The van der Waals surface area contributed by atoms with Gasteiger partial charge in [-0.25, -0.2) is 9.37 Å². The van der Waals surface area contributed by atoms with Gasteiger partial charge < -0.3 is 9.84 Å². The lowest BCUT2D eigenvalue weighted by atomic mass is 10.0. The molecule has 0 radical (unpaired) electrons. The van der Waals surface area contributed by atoms with Gasteiger partial charge in [0.15, 0.2) is 0 Å². The van der Waals surface area contributed by atoms with Crippen molar-refractivity contribution >= 4 is 15.9 Å². The number of aromatic nitrogens is 1. The van der Waals surface area contributed by atoms with E-state index in [2.05, 4.69) is 20.9 Å². The molecular formula is C15H15BrFNO2. The number of aliphatic hydroxyl groups is 1. The second-order valence-electron chi connectivity index (χ2n) is 4.33. The van der Waals surface area contributed by atoms with Crippen LogP contribution >= 0.6 is 15.9 Å². The van der Waals surface area contributed by atoms with E-state index in [-0.39, 0.29) is 12.4 Å². The second kappa shape index (κ2) is 7.36. The Morgan fingerprint density at radius 1 is 1.20 bits per heavy atom. The van der Waals surface area contributed by atoms with E-state index in [0.717, 1.165) is 11.1 Å². The van der Waals surface area contributed by atoms with E-state index in [1.54, 1.807) is 12.1 Å². The van der Waals surface area contributed by atoms with Gasteiger partial charge >= 0.3 is 0 Å². The van der Waals surface area contributed by atoms with Crippen molar-refractivity contribution in [2.75, 3.05) is 6.61 Å². The van der Waals surface area contributed by atoms with Crippen LogP contribution in [-0.4, -0.2) is 16.7 Å². The SMILES string of the molecule is OCCCc1cc(F)ccc1COc1cccc(Br)n1. The van der Waals surface area contributed by atoms with Crippen molar-refractivity contribution in [2.45, 2.75) is 19.4 Å². The summed E-state index contributed by atoms with van der Waals surface area (Å²) in [6, 6.07) is 10.0. The van der Waals surface area contributed by atoms with Crippen molar-refractivity contribution in [2.24, 2.45) is 0 Å². The van der Waals surface area contributed by atoms with Crippen LogP contribution < -0.4 is 4.74 Å². The van der Waals surface area contributed by atoms with Crippen molar-refractivity contribution in [3.63, 3.8) is 0 Å². The zero-order chi connectivity index (χ0) is 14.4. The Labute approximate surface area is 125 Å². The lowest BCUT2D eigenvalue weighted by molar-refractivity contribution is 0.283. The summed E-state index contributed by atoms with van der Waals surface area (Å²) in [5.41, 5.74) is 1.76. The molecule has 0 atom stereocenters. The molecule has 1 aromatic carbocycles. The Morgan fingerprint density at radius 2 is 2.05 bits per heavy atom. The first-order valence-electron chi connectivity index (χ1n) is 6.32. The molecule has 2 aromatic rings. The number of benzene rings is 1. The van der Waals surface area contributed by atoms with Crippen molar-refractivity contribution in [3.8, 4) is 5.88 Å². The molecule has 3 nitrogen and oxygen atoms in total. The molecule has 1 heterocycles. The number of aliphatic hydroxyl groups excluding tert-OH is 1. The van der Waals surface area contributed by atoms with Crippen LogP contribution in [0.1, 0.15) is 17.5 Å². The van der Waals surface area contributed by atoms with Crippen molar-refractivity contribution < 1.29 is 14.2 Å². The number of halogens is 2. The quantitative estimate of drug-likeness (QED) is 0.819. The summed E-state index contributed by atoms with van der Waals surface area (Å²) in [6.07, 6.45) is 1.23. The first-order valence-corrected chi connectivity index (χ1v) is 7.12. The Kier molecular flexibility index (Phi) is 5.49. The highest BCUT2D eigenvalue weighted by molar-refractivity contribution is 9.10. The normalized spacial score (nSPS) is 10.6. The van der Waals surface area contributed by atoms with Crippen LogP contribution in [-0.2, 0) is 13.0 Å². The van der Waals surface area contributed by atoms with Gasteiger partial charge in [-0.1, -0.05) is 12.1 Å². The molecule has 5 heteroatoms. The van der Waals surface area contributed by atoms with E-state index in [1.165, 1.54) is 12.1 Å². The molecule has 0 bridgehead atoms. The van der Waals surface area contributed by atoms with Crippen molar-refractivity contribution in [1.29, 1.82) is 0 Å². The summed E-state index contributed by atoms with van der Waals surface area (Å²) >= 11 is 3.28. The molecule has 0 fully saturated rings. The summed E-state index contributed by atoms with van der Waals surface area (Å²) in [5, 5.41) is 8.89. The van der Waals surface area contributed by atoms with Gasteiger partial charge in [0, 0.05) is 12.7 Å². The molecule has 0 amide bonds. The minimum Gasteiger partial charge on any atom is -0.473 e. The lowest BCUT2D eigenvalue weighted by Crippen LogP contribution is -2.03. The standard InChI is InChI=1S/C15H15BrFNO2/c16-14-4-1-5-15(18-14)20-10-12-6-7-13(17)9-11(12)3-2-8-19/h1,4-7,9,19H,2-3,8,10H2. The Bertz CT molecular complexity index is 578. The van der Waals surface area contributed by atoms with Crippen LogP contribution in [0.5, 0.6) is 5.88 Å². The summed E-state index contributed by atoms with van der Waals surface area (Å²) in [4.78, 5) is 4.18. The molecule has 106 valence electrons. The summed E-state index contributed by atoms with van der Waals surface area (Å²) in [7, 11) is 0. The average Bonchev–Trinajstić information content (AvgIpc) is 2.44. The maximum atomic E-state index is 13.3. The predicted octanol–water partition coefficient (Wildman–Crippen LogP) is 3.49. The lowest BCUT2D eigenvalue weighted by Gasteiger charge is -2.10. The Morgan fingerprint density at radius 3 is 2.80 bits per heavy atom. The fourth-order valence-electron chi connectivity index (χ4n) is 1.86. The average molecular weight is 340 g/mol. The highest BCUT2D eigenvalue weighted by Gasteiger charge is 2.06. The summed E-state index contributed by atoms with van der Waals surface area (Å²) < 4.78 is 19.6. The van der Waals surface area contributed by atoms with Gasteiger partial charge in [0.05, 0.1) is 0 Å². The van der Waals surface area contributed by atoms with E-state index in [4.69, 9.17) is 9.84 Å².